The van der Waals surface area contributed by atoms with Crippen LogP contribution in [0, 0.1) is 17.8 Å². The van der Waals surface area contributed by atoms with Crippen LogP contribution in [0.25, 0.3) is 0 Å². The second-order valence-corrected chi connectivity index (χ2v) is 18.3. The minimum Gasteiger partial charge on any atom is -0.444 e. The third-order valence-corrected chi connectivity index (χ3v) is 11.7. The predicted octanol–water partition coefficient (Wildman–Crippen LogP) is 2.83. The minimum atomic E-state index is -1.20. The molecule has 0 spiro atoms. The largest absolute Gasteiger partial charge is 0.444 e. The minimum absolute atomic E-state index is 0.129. The number of hydrogen-bond donors (Lipinski definition) is 4. The molecule has 55 heavy (non-hydrogen) atoms. The Kier molecular flexibility index (Phi) is 13.3. The summed E-state index contributed by atoms with van der Waals surface area (Å²) >= 11 is 1.30. The van der Waals surface area contributed by atoms with Crippen molar-refractivity contribution in [2.24, 2.45) is 17.8 Å². The molecule has 0 bridgehead atoms. The number of amides is 6. The molecule has 0 radical (unpaired) electrons. The highest BCUT2D eigenvalue weighted by Crippen LogP contribution is 2.44. The zero-order valence-electron chi connectivity index (χ0n) is 33.1. The molecule has 5 rings (SSSR count). The Bertz CT molecular complexity index is 1600. The molecule has 6 atom stereocenters. The molecule has 1 aromatic heterocycles. The number of carbonyl (C=O) groups excluding carboxylic acids is 7. The number of nitrogens with one attached hydrogen (secondary N) is 4. The van der Waals surface area contributed by atoms with E-state index in [1.165, 1.54) is 21.1 Å². The third-order valence-electron chi connectivity index (χ3n) is 10.8. The van der Waals surface area contributed by atoms with Gasteiger partial charge >= 0.3 is 6.09 Å². The summed E-state index contributed by atoms with van der Waals surface area (Å²) in [5.41, 5.74) is -1.34. The van der Waals surface area contributed by atoms with Crippen molar-refractivity contribution in [3.05, 3.63) is 22.4 Å². The summed E-state index contributed by atoms with van der Waals surface area (Å²) in [5.74, 6) is -4.36. The summed E-state index contributed by atoms with van der Waals surface area (Å²) < 4.78 is 11.9. The van der Waals surface area contributed by atoms with Crippen molar-refractivity contribution in [2.45, 2.75) is 134 Å². The van der Waals surface area contributed by atoms with Crippen LogP contribution in [-0.2, 0) is 38.2 Å². The van der Waals surface area contributed by atoms with Gasteiger partial charge in [-0.05, 0) is 83.6 Å². The second-order valence-electron chi connectivity index (χ2n) is 17.3. The van der Waals surface area contributed by atoms with Crippen molar-refractivity contribution in [1.82, 2.24) is 31.1 Å². The first kappa shape index (κ1) is 42.1. The number of fused-ring (bicyclic) bond motifs is 1. The number of Topliss-reactive ketones (excluding diaryl/α,β-unsaturated/α-hetero) is 1. The average molecular weight is 787 g/mol. The van der Waals surface area contributed by atoms with E-state index in [9.17, 15) is 33.6 Å². The van der Waals surface area contributed by atoms with Crippen molar-refractivity contribution >= 4 is 52.7 Å². The van der Waals surface area contributed by atoms with Gasteiger partial charge in [0, 0.05) is 31.4 Å². The van der Waals surface area contributed by atoms with Crippen molar-refractivity contribution < 1.29 is 43.0 Å². The number of ketones is 1. The van der Waals surface area contributed by atoms with Gasteiger partial charge in [0.15, 0.2) is 0 Å². The molecule has 6 amide bonds. The van der Waals surface area contributed by atoms with E-state index in [-0.39, 0.29) is 36.6 Å². The lowest BCUT2D eigenvalue weighted by molar-refractivity contribution is -0.145. The van der Waals surface area contributed by atoms with Crippen LogP contribution in [0.1, 0.15) is 103 Å². The molecule has 304 valence electrons. The molecule has 2 aliphatic carbocycles. The predicted molar refractivity (Wildman–Crippen MR) is 203 cm³/mol. The Morgan fingerprint density at radius 1 is 1.00 bits per heavy atom. The first-order valence-electron chi connectivity index (χ1n) is 19.5. The second kappa shape index (κ2) is 17.4. The molecule has 4 N–H and O–H groups in total. The van der Waals surface area contributed by atoms with Crippen LogP contribution in [-0.4, -0.2) is 114 Å². The first-order chi connectivity index (χ1) is 25.8. The summed E-state index contributed by atoms with van der Waals surface area (Å²) in [6.45, 7) is 8.66. The molecule has 2 saturated heterocycles. The fourth-order valence-corrected chi connectivity index (χ4v) is 8.82. The van der Waals surface area contributed by atoms with Gasteiger partial charge in [-0.3, -0.25) is 28.8 Å². The standard InChI is InChI=1S/C39H58N6O9S/c1-38(2,3)54-37(52)43-29(23-12-9-8-10-13-23)36(51)45-21-26-24(19-39(4,5)53-26)31(45)33(48)41-25(18-22-15-16-22)32(47)34(49)40-20-28(46)42-30(35(50)44(6)7)27-14-11-17-55-27/h11,14,17,22-26,29-31H,8-10,12-13,15-16,18-21H2,1-7H3,(H,40,49)(H,41,48)(H,42,46)(H,43,52)/t24-,25?,26-,29?,30-,31?/m0/s1. The van der Waals surface area contributed by atoms with Gasteiger partial charge in [0.1, 0.15) is 23.7 Å². The molecule has 2 aliphatic heterocycles. The molecular weight excluding hydrogens is 729 g/mol. The molecule has 3 unspecified atom stereocenters. The fraction of sp³-hybridized carbons (Fsp3) is 0.718. The van der Waals surface area contributed by atoms with E-state index in [0.29, 0.717) is 11.3 Å². The Balaban J connectivity index is 1.31. The molecule has 3 heterocycles. The van der Waals surface area contributed by atoms with Crippen molar-refractivity contribution in [2.75, 3.05) is 27.2 Å². The van der Waals surface area contributed by atoms with Crippen LogP contribution < -0.4 is 21.3 Å². The highest BCUT2D eigenvalue weighted by atomic mass is 32.1. The number of thiophene rings is 1. The lowest BCUT2D eigenvalue weighted by Crippen LogP contribution is -2.59. The summed E-state index contributed by atoms with van der Waals surface area (Å²) in [5, 5.41) is 12.5. The van der Waals surface area contributed by atoms with E-state index in [2.05, 4.69) is 21.3 Å². The number of alkyl carbamates (subject to hydrolysis) is 1. The monoisotopic (exact) mass is 786 g/mol. The average Bonchev–Trinajstić information content (AvgIpc) is 3.48. The van der Waals surface area contributed by atoms with Gasteiger partial charge < -0.3 is 40.5 Å². The lowest BCUT2D eigenvalue weighted by Gasteiger charge is -2.36. The summed E-state index contributed by atoms with van der Waals surface area (Å²) in [7, 11) is 3.14. The van der Waals surface area contributed by atoms with Crippen molar-refractivity contribution in [3.8, 4) is 0 Å². The van der Waals surface area contributed by atoms with E-state index >= 15 is 0 Å². The maximum Gasteiger partial charge on any atom is 0.408 e. The lowest BCUT2D eigenvalue weighted by atomic mass is 9.83. The third kappa shape index (κ3) is 11.0. The first-order valence-corrected chi connectivity index (χ1v) is 20.4. The Morgan fingerprint density at radius 3 is 2.29 bits per heavy atom. The Morgan fingerprint density at radius 2 is 1.69 bits per heavy atom. The highest BCUT2D eigenvalue weighted by Gasteiger charge is 2.56. The van der Waals surface area contributed by atoms with Crippen LogP contribution in [0.4, 0.5) is 4.79 Å². The van der Waals surface area contributed by atoms with Gasteiger partial charge in [-0.1, -0.05) is 38.2 Å². The quantitative estimate of drug-likeness (QED) is 0.205. The van der Waals surface area contributed by atoms with Gasteiger partial charge in [0.2, 0.25) is 29.4 Å². The number of ether oxygens (including phenoxy) is 2. The van der Waals surface area contributed by atoms with Gasteiger partial charge in [-0.15, -0.1) is 11.3 Å². The maximum absolute atomic E-state index is 14.6. The topological polar surface area (TPSA) is 193 Å². The summed E-state index contributed by atoms with van der Waals surface area (Å²) in [6.07, 6.45) is 5.56. The van der Waals surface area contributed by atoms with E-state index in [0.717, 1.165) is 44.9 Å². The zero-order chi connectivity index (χ0) is 40.2. The highest BCUT2D eigenvalue weighted by molar-refractivity contribution is 7.10. The van der Waals surface area contributed by atoms with E-state index in [1.807, 2.05) is 13.8 Å². The smallest absolute Gasteiger partial charge is 0.408 e. The van der Waals surface area contributed by atoms with Gasteiger partial charge in [0.05, 0.1) is 24.3 Å². The number of carbonyl (C=O) groups is 7. The molecule has 15 nitrogen and oxygen atoms in total. The Labute approximate surface area is 327 Å². The van der Waals surface area contributed by atoms with Crippen LogP contribution in [0.5, 0.6) is 0 Å². The molecule has 1 aromatic rings. The van der Waals surface area contributed by atoms with Gasteiger partial charge in [-0.2, -0.15) is 0 Å². The number of likely N-dealkylation sites (N-methyl/N-ethyl adjacent to an activating group) is 1. The van der Waals surface area contributed by atoms with Gasteiger partial charge in [-0.25, -0.2) is 4.79 Å². The fourth-order valence-electron chi connectivity index (χ4n) is 8.06. The number of hydrogen-bond acceptors (Lipinski definition) is 10. The van der Waals surface area contributed by atoms with E-state index < -0.39 is 83.5 Å². The van der Waals surface area contributed by atoms with Crippen LogP contribution in [0.2, 0.25) is 0 Å². The van der Waals surface area contributed by atoms with Crippen molar-refractivity contribution in [3.63, 3.8) is 0 Å². The SMILES string of the molecule is CN(C)C(=O)[C@@H](NC(=O)CNC(=O)C(=O)C(CC1CC1)NC(=O)C1[C@H]2CC(C)(C)O[C@H]2CN1C(=O)C(NC(=O)OC(C)(C)C)C1CCCCC1)c1cccs1. The zero-order valence-corrected chi connectivity index (χ0v) is 33.9. The summed E-state index contributed by atoms with van der Waals surface area (Å²) in [4.78, 5) is 98.2. The summed E-state index contributed by atoms with van der Waals surface area (Å²) in [6, 6.07) is -0.619. The number of nitrogens with zero attached hydrogens (tertiary/aromatic N) is 2. The van der Waals surface area contributed by atoms with E-state index in [1.54, 1.807) is 52.4 Å². The number of rotatable bonds is 14. The molecular formula is C39H58N6O9S. The van der Waals surface area contributed by atoms with Crippen LogP contribution in [0.3, 0.4) is 0 Å². The van der Waals surface area contributed by atoms with Crippen LogP contribution in [0.15, 0.2) is 17.5 Å². The number of likely N-dealkylation sites (tertiary alicyclic amines) is 1. The van der Waals surface area contributed by atoms with E-state index in [4.69, 9.17) is 9.47 Å². The van der Waals surface area contributed by atoms with Gasteiger partial charge in [0.25, 0.3) is 5.91 Å². The van der Waals surface area contributed by atoms with Crippen LogP contribution >= 0.6 is 11.3 Å². The molecule has 4 fully saturated rings. The normalized spacial score (nSPS) is 23.8. The van der Waals surface area contributed by atoms with Crippen molar-refractivity contribution in [1.29, 1.82) is 0 Å². The molecule has 2 saturated carbocycles. The molecule has 4 aliphatic rings. The molecule has 0 aromatic carbocycles. The maximum atomic E-state index is 14.6. The molecule has 16 heteroatoms. The Hall–Kier alpha value is -4.05.